The van der Waals surface area contributed by atoms with Crippen LogP contribution in [0.2, 0.25) is 5.02 Å². The second-order valence-electron chi connectivity index (χ2n) is 4.66. The van der Waals surface area contributed by atoms with E-state index in [2.05, 4.69) is 15.9 Å². The van der Waals surface area contributed by atoms with E-state index < -0.39 is 5.97 Å². The molecule has 3 rings (SSSR count). The summed E-state index contributed by atoms with van der Waals surface area (Å²) in [6.45, 7) is 1.06. The number of rotatable bonds is 3. The second-order valence-corrected chi connectivity index (χ2v) is 5.92. The predicted molar refractivity (Wildman–Crippen MR) is 85.7 cm³/mol. The number of fused-ring (bicyclic) bond motifs is 1. The molecule has 2 aromatic carbocycles. The molecule has 2 aromatic rings. The van der Waals surface area contributed by atoms with Crippen molar-refractivity contribution >= 4 is 33.5 Å². The molecule has 0 aliphatic carbocycles. The van der Waals surface area contributed by atoms with Crippen molar-refractivity contribution in [2.24, 2.45) is 0 Å². The maximum atomic E-state index is 12.1. The minimum atomic E-state index is -0.404. The molecule has 0 aromatic heterocycles. The molecular formula is C16H12BrClO4. The fourth-order valence-electron chi connectivity index (χ4n) is 2.10. The SMILES string of the molecule is O=C(OCc1cc(Cl)c2c(c1)OCCO2)c1ccccc1Br. The highest BCUT2D eigenvalue weighted by atomic mass is 79.9. The molecule has 0 radical (unpaired) electrons. The Labute approximate surface area is 141 Å². The van der Waals surface area contributed by atoms with Gasteiger partial charge in [-0.3, -0.25) is 0 Å². The van der Waals surface area contributed by atoms with Crippen molar-refractivity contribution in [2.75, 3.05) is 13.2 Å². The molecule has 22 heavy (non-hydrogen) atoms. The number of ether oxygens (including phenoxy) is 3. The van der Waals surface area contributed by atoms with Crippen molar-refractivity contribution in [3.63, 3.8) is 0 Å². The number of benzene rings is 2. The Morgan fingerprint density at radius 2 is 2.00 bits per heavy atom. The largest absolute Gasteiger partial charge is 0.486 e. The maximum absolute atomic E-state index is 12.1. The summed E-state index contributed by atoms with van der Waals surface area (Å²) in [7, 11) is 0. The normalized spacial score (nSPS) is 12.8. The van der Waals surface area contributed by atoms with E-state index in [9.17, 15) is 4.79 Å². The third-order valence-corrected chi connectivity index (χ3v) is 4.09. The molecule has 1 aliphatic heterocycles. The molecule has 114 valence electrons. The van der Waals surface area contributed by atoms with Gasteiger partial charge in [0.1, 0.15) is 19.8 Å². The average molecular weight is 384 g/mol. The number of hydrogen-bond acceptors (Lipinski definition) is 4. The van der Waals surface area contributed by atoms with Crippen LogP contribution >= 0.6 is 27.5 Å². The summed E-state index contributed by atoms with van der Waals surface area (Å²) >= 11 is 9.48. The fourth-order valence-corrected chi connectivity index (χ4v) is 2.84. The van der Waals surface area contributed by atoms with Crippen molar-refractivity contribution < 1.29 is 19.0 Å². The highest BCUT2D eigenvalue weighted by Gasteiger charge is 2.17. The summed E-state index contributed by atoms with van der Waals surface area (Å²) in [5.74, 6) is 0.706. The van der Waals surface area contributed by atoms with Crippen LogP contribution in [0.1, 0.15) is 15.9 Å². The van der Waals surface area contributed by atoms with Crippen LogP contribution in [0.25, 0.3) is 0 Å². The topological polar surface area (TPSA) is 44.8 Å². The van der Waals surface area contributed by atoms with E-state index in [1.54, 1.807) is 30.3 Å². The lowest BCUT2D eigenvalue weighted by Gasteiger charge is -2.20. The van der Waals surface area contributed by atoms with Crippen molar-refractivity contribution in [1.29, 1.82) is 0 Å². The van der Waals surface area contributed by atoms with E-state index in [1.165, 1.54) is 0 Å². The van der Waals surface area contributed by atoms with Gasteiger partial charge in [-0.2, -0.15) is 0 Å². The summed E-state index contributed by atoms with van der Waals surface area (Å²) in [5.41, 5.74) is 1.22. The van der Waals surface area contributed by atoms with Crippen molar-refractivity contribution in [3.05, 3.63) is 57.0 Å². The first-order valence-electron chi connectivity index (χ1n) is 6.65. The van der Waals surface area contributed by atoms with Crippen LogP contribution in [0.5, 0.6) is 11.5 Å². The predicted octanol–water partition coefficient (Wildman–Crippen LogP) is 4.23. The van der Waals surface area contributed by atoms with E-state index in [4.69, 9.17) is 25.8 Å². The molecule has 1 aliphatic rings. The van der Waals surface area contributed by atoms with Gasteiger partial charge in [-0.1, -0.05) is 23.7 Å². The van der Waals surface area contributed by atoms with Crippen LogP contribution in [0.4, 0.5) is 0 Å². The van der Waals surface area contributed by atoms with Gasteiger partial charge in [-0.05, 0) is 45.8 Å². The molecule has 0 saturated heterocycles. The number of hydrogen-bond donors (Lipinski definition) is 0. The third kappa shape index (κ3) is 3.20. The lowest BCUT2D eigenvalue weighted by atomic mass is 10.2. The summed E-state index contributed by atoms with van der Waals surface area (Å²) in [5, 5.41) is 0.448. The zero-order chi connectivity index (χ0) is 15.5. The molecule has 0 fully saturated rings. The van der Waals surface area contributed by atoms with Gasteiger partial charge in [0.15, 0.2) is 11.5 Å². The Morgan fingerprint density at radius 3 is 2.82 bits per heavy atom. The van der Waals surface area contributed by atoms with Crippen LogP contribution in [0.15, 0.2) is 40.9 Å². The van der Waals surface area contributed by atoms with Crippen molar-refractivity contribution in [2.45, 2.75) is 6.61 Å². The molecule has 6 heteroatoms. The summed E-state index contributed by atoms with van der Waals surface area (Å²) in [6.07, 6.45) is 0. The number of carbonyl (C=O) groups excluding carboxylic acids is 1. The molecule has 0 bridgehead atoms. The minimum Gasteiger partial charge on any atom is -0.486 e. The number of carbonyl (C=O) groups is 1. The Morgan fingerprint density at radius 1 is 1.23 bits per heavy atom. The van der Waals surface area contributed by atoms with E-state index in [0.717, 1.165) is 5.56 Å². The lowest BCUT2D eigenvalue weighted by molar-refractivity contribution is 0.0471. The average Bonchev–Trinajstić information content (AvgIpc) is 2.53. The van der Waals surface area contributed by atoms with Crippen LogP contribution in [0.3, 0.4) is 0 Å². The molecule has 4 nitrogen and oxygen atoms in total. The van der Waals surface area contributed by atoms with Gasteiger partial charge in [0.25, 0.3) is 0 Å². The third-order valence-electron chi connectivity index (χ3n) is 3.12. The second kappa shape index (κ2) is 6.58. The van der Waals surface area contributed by atoms with Gasteiger partial charge in [0, 0.05) is 4.47 Å². The fraction of sp³-hybridized carbons (Fsp3) is 0.188. The summed E-state index contributed by atoms with van der Waals surface area (Å²) in [6, 6.07) is 10.6. The quantitative estimate of drug-likeness (QED) is 0.744. The standard InChI is InChI=1S/C16H12BrClO4/c17-12-4-2-1-3-11(12)16(19)22-9-10-7-13(18)15-14(8-10)20-5-6-21-15/h1-4,7-8H,5-6,9H2. The molecular weight excluding hydrogens is 372 g/mol. The van der Waals surface area contributed by atoms with Gasteiger partial charge in [0.05, 0.1) is 10.6 Å². The highest BCUT2D eigenvalue weighted by Crippen LogP contribution is 2.38. The zero-order valence-corrected chi connectivity index (χ0v) is 13.8. The monoisotopic (exact) mass is 382 g/mol. The van der Waals surface area contributed by atoms with Gasteiger partial charge in [-0.25, -0.2) is 4.79 Å². The Bertz CT molecular complexity index is 717. The smallest absolute Gasteiger partial charge is 0.339 e. The highest BCUT2D eigenvalue weighted by molar-refractivity contribution is 9.10. The van der Waals surface area contributed by atoms with Gasteiger partial charge < -0.3 is 14.2 Å². The van der Waals surface area contributed by atoms with Gasteiger partial charge >= 0.3 is 5.97 Å². The molecule has 0 saturated carbocycles. The molecule has 0 unspecified atom stereocenters. The Balaban J connectivity index is 1.73. The van der Waals surface area contributed by atoms with Crippen LogP contribution in [0, 0.1) is 0 Å². The van der Waals surface area contributed by atoms with Crippen LogP contribution < -0.4 is 9.47 Å². The molecule has 0 atom stereocenters. The molecule has 1 heterocycles. The first kappa shape index (κ1) is 15.2. The minimum absolute atomic E-state index is 0.108. The zero-order valence-electron chi connectivity index (χ0n) is 11.5. The molecule has 0 spiro atoms. The Hall–Kier alpha value is -1.72. The van der Waals surface area contributed by atoms with Gasteiger partial charge in [-0.15, -0.1) is 0 Å². The molecule has 0 amide bonds. The summed E-state index contributed by atoms with van der Waals surface area (Å²) < 4.78 is 17.0. The number of esters is 1. The van der Waals surface area contributed by atoms with Crippen molar-refractivity contribution in [3.8, 4) is 11.5 Å². The Kier molecular flexibility index (Phi) is 4.55. The molecule has 0 N–H and O–H groups in total. The van der Waals surface area contributed by atoms with Crippen molar-refractivity contribution in [1.82, 2.24) is 0 Å². The maximum Gasteiger partial charge on any atom is 0.339 e. The first-order chi connectivity index (χ1) is 10.6. The summed E-state index contributed by atoms with van der Waals surface area (Å²) in [4.78, 5) is 12.1. The van der Waals surface area contributed by atoms with Crippen LogP contribution in [-0.4, -0.2) is 19.2 Å². The van der Waals surface area contributed by atoms with Crippen LogP contribution in [-0.2, 0) is 11.3 Å². The van der Waals surface area contributed by atoms with Gasteiger partial charge in [0.2, 0.25) is 0 Å². The van der Waals surface area contributed by atoms with E-state index in [-0.39, 0.29) is 6.61 Å². The van der Waals surface area contributed by atoms with E-state index >= 15 is 0 Å². The number of halogens is 2. The van der Waals surface area contributed by atoms with E-state index in [0.29, 0.717) is 39.8 Å². The first-order valence-corrected chi connectivity index (χ1v) is 7.82. The van der Waals surface area contributed by atoms with E-state index in [1.807, 2.05) is 6.07 Å². The lowest BCUT2D eigenvalue weighted by Crippen LogP contribution is -2.16.